The standard InChI is InChI=1S/C14H10N2O7/c1-22-13-4-2-3-9(8-17)14(13)23-12-6-5-10(15(18)19)7-11(12)16(20)21/h2-8H,1H3. The lowest BCUT2D eigenvalue weighted by Gasteiger charge is -2.12. The first-order valence-electron chi connectivity index (χ1n) is 6.20. The highest BCUT2D eigenvalue weighted by Gasteiger charge is 2.23. The molecule has 0 radical (unpaired) electrons. The number of aldehydes is 1. The number of nitro benzene ring substituents is 2. The van der Waals surface area contributed by atoms with E-state index in [-0.39, 0.29) is 22.8 Å². The van der Waals surface area contributed by atoms with Crippen LogP contribution < -0.4 is 9.47 Å². The zero-order valence-corrected chi connectivity index (χ0v) is 11.8. The molecule has 118 valence electrons. The molecule has 0 spiro atoms. The van der Waals surface area contributed by atoms with Crippen LogP contribution in [-0.2, 0) is 0 Å². The Kier molecular flexibility index (Phi) is 4.50. The summed E-state index contributed by atoms with van der Waals surface area (Å²) in [5.41, 5.74) is -0.918. The molecule has 0 aromatic heterocycles. The first kappa shape index (κ1) is 15.9. The van der Waals surface area contributed by atoms with Crippen LogP contribution >= 0.6 is 0 Å². The van der Waals surface area contributed by atoms with Gasteiger partial charge in [-0.25, -0.2) is 0 Å². The fourth-order valence-electron chi connectivity index (χ4n) is 1.85. The molecule has 9 nitrogen and oxygen atoms in total. The average molecular weight is 318 g/mol. The zero-order chi connectivity index (χ0) is 17.0. The lowest BCUT2D eigenvalue weighted by Crippen LogP contribution is -1.99. The van der Waals surface area contributed by atoms with Gasteiger partial charge in [-0.15, -0.1) is 0 Å². The monoisotopic (exact) mass is 318 g/mol. The van der Waals surface area contributed by atoms with Crippen LogP contribution in [0.25, 0.3) is 0 Å². The number of carbonyl (C=O) groups excluding carboxylic acids is 1. The SMILES string of the molecule is COc1cccc(C=O)c1Oc1ccc([N+](=O)[O-])cc1[N+](=O)[O-]. The van der Waals surface area contributed by atoms with E-state index in [1.165, 1.54) is 19.2 Å². The second-order valence-electron chi connectivity index (χ2n) is 4.26. The van der Waals surface area contributed by atoms with Gasteiger partial charge >= 0.3 is 5.69 Å². The first-order valence-corrected chi connectivity index (χ1v) is 6.20. The van der Waals surface area contributed by atoms with Crippen LogP contribution in [0.1, 0.15) is 10.4 Å². The molecule has 2 rings (SSSR count). The van der Waals surface area contributed by atoms with E-state index in [4.69, 9.17) is 9.47 Å². The van der Waals surface area contributed by atoms with Gasteiger partial charge in [0.25, 0.3) is 5.69 Å². The van der Waals surface area contributed by atoms with Gasteiger partial charge < -0.3 is 9.47 Å². The van der Waals surface area contributed by atoms with Crippen LogP contribution in [0.5, 0.6) is 17.2 Å². The zero-order valence-electron chi connectivity index (χ0n) is 11.8. The van der Waals surface area contributed by atoms with Gasteiger partial charge in [0.2, 0.25) is 5.75 Å². The Morgan fingerprint density at radius 3 is 2.35 bits per heavy atom. The fraction of sp³-hybridized carbons (Fsp3) is 0.0714. The van der Waals surface area contributed by atoms with E-state index in [1.807, 2.05) is 0 Å². The molecule has 0 heterocycles. The van der Waals surface area contributed by atoms with Crippen molar-refractivity contribution in [2.45, 2.75) is 0 Å². The maximum absolute atomic E-state index is 11.1. The van der Waals surface area contributed by atoms with E-state index >= 15 is 0 Å². The van der Waals surface area contributed by atoms with Crippen molar-refractivity contribution in [2.75, 3.05) is 7.11 Å². The molecule has 0 amide bonds. The molecule has 9 heteroatoms. The van der Waals surface area contributed by atoms with Gasteiger partial charge in [-0.05, 0) is 18.2 Å². The fourth-order valence-corrected chi connectivity index (χ4v) is 1.85. The Morgan fingerprint density at radius 1 is 1.04 bits per heavy atom. The smallest absolute Gasteiger partial charge is 0.318 e. The van der Waals surface area contributed by atoms with Crippen molar-refractivity contribution >= 4 is 17.7 Å². The molecule has 0 N–H and O–H groups in total. The number of hydrogen-bond acceptors (Lipinski definition) is 7. The summed E-state index contributed by atoms with van der Waals surface area (Å²) in [4.78, 5) is 31.3. The number of methoxy groups -OCH3 is 1. The minimum Gasteiger partial charge on any atom is -0.493 e. The Hall–Kier alpha value is -3.49. The topological polar surface area (TPSA) is 122 Å². The van der Waals surface area contributed by atoms with Crippen LogP contribution in [0.3, 0.4) is 0 Å². The molecule has 0 aliphatic rings. The summed E-state index contributed by atoms with van der Waals surface area (Å²) in [6, 6.07) is 7.46. The number of nitrogens with zero attached hydrogens (tertiary/aromatic N) is 2. The quantitative estimate of drug-likeness (QED) is 0.455. The van der Waals surface area contributed by atoms with E-state index in [9.17, 15) is 25.0 Å². The summed E-state index contributed by atoms with van der Waals surface area (Å²) in [7, 11) is 1.35. The lowest BCUT2D eigenvalue weighted by molar-refractivity contribution is -0.394. The molecule has 23 heavy (non-hydrogen) atoms. The molecule has 0 atom stereocenters. The number of rotatable bonds is 6. The molecule has 0 bridgehead atoms. The third-order valence-electron chi connectivity index (χ3n) is 2.92. The van der Waals surface area contributed by atoms with Crippen molar-refractivity contribution in [3.63, 3.8) is 0 Å². The van der Waals surface area contributed by atoms with E-state index in [0.717, 1.165) is 18.2 Å². The molecule has 0 aliphatic carbocycles. The van der Waals surface area contributed by atoms with Crippen LogP contribution in [0, 0.1) is 20.2 Å². The molecule has 0 saturated carbocycles. The minimum absolute atomic E-state index is 0.0121. The molecule has 0 saturated heterocycles. The Balaban J connectivity index is 2.54. The molecule has 2 aromatic carbocycles. The third-order valence-corrected chi connectivity index (χ3v) is 2.92. The predicted molar refractivity (Wildman–Crippen MR) is 78.2 cm³/mol. The summed E-state index contributed by atoms with van der Waals surface area (Å²) in [5, 5.41) is 21.8. The second-order valence-corrected chi connectivity index (χ2v) is 4.26. The largest absolute Gasteiger partial charge is 0.493 e. The van der Waals surface area contributed by atoms with Crippen molar-refractivity contribution in [2.24, 2.45) is 0 Å². The average Bonchev–Trinajstić information content (AvgIpc) is 2.54. The van der Waals surface area contributed by atoms with Gasteiger partial charge in [-0.2, -0.15) is 0 Å². The number of carbonyl (C=O) groups is 1. The molecular formula is C14H10N2O7. The van der Waals surface area contributed by atoms with E-state index in [1.54, 1.807) is 6.07 Å². The maximum Gasteiger partial charge on any atom is 0.318 e. The van der Waals surface area contributed by atoms with Crippen molar-refractivity contribution in [1.82, 2.24) is 0 Å². The van der Waals surface area contributed by atoms with Gasteiger partial charge in [0.1, 0.15) is 0 Å². The Labute approximate surface area is 129 Å². The Bertz CT molecular complexity index is 789. The number of benzene rings is 2. The summed E-state index contributed by atoms with van der Waals surface area (Å²) in [6.45, 7) is 0. The van der Waals surface area contributed by atoms with Gasteiger partial charge in [0, 0.05) is 6.07 Å². The number of ether oxygens (including phenoxy) is 2. The molecule has 0 aliphatic heterocycles. The van der Waals surface area contributed by atoms with Crippen molar-refractivity contribution < 1.29 is 24.1 Å². The highest BCUT2D eigenvalue weighted by molar-refractivity contribution is 5.81. The van der Waals surface area contributed by atoms with Gasteiger partial charge in [0.05, 0.1) is 28.6 Å². The summed E-state index contributed by atoms with van der Waals surface area (Å²) >= 11 is 0. The predicted octanol–water partition coefficient (Wildman–Crippen LogP) is 3.12. The van der Waals surface area contributed by atoms with Crippen molar-refractivity contribution in [1.29, 1.82) is 0 Å². The van der Waals surface area contributed by atoms with Gasteiger partial charge in [-0.1, -0.05) is 6.07 Å². The molecule has 0 fully saturated rings. The molecule has 2 aromatic rings. The number of nitro groups is 2. The molecular weight excluding hydrogens is 308 g/mol. The number of non-ortho nitro benzene ring substituents is 1. The summed E-state index contributed by atoms with van der Waals surface area (Å²) in [5.74, 6) is -0.0580. The van der Waals surface area contributed by atoms with Crippen LogP contribution in [0.15, 0.2) is 36.4 Å². The normalized spacial score (nSPS) is 9.96. The van der Waals surface area contributed by atoms with Gasteiger partial charge in [-0.3, -0.25) is 25.0 Å². The highest BCUT2D eigenvalue weighted by atomic mass is 16.6. The van der Waals surface area contributed by atoms with Crippen molar-refractivity contribution in [3.8, 4) is 17.2 Å². The van der Waals surface area contributed by atoms with Crippen LogP contribution in [-0.4, -0.2) is 23.2 Å². The van der Waals surface area contributed by atoms with E-state index in [2.05, 4.69) is 0 Å². The van der Waals surface area contributed by atoms with Crippen LogP contribution in [0.4, 0.5) is 11.4 Å². The van der Waals surface area contributed by atoms with Gasteiger partial charge in [0.15, 0.2) is 17.8 Å². The van der Waals surface area contributed by atoms with Crippen LogP contribution in [0.2, 0.25) is 0 Å². The lowest BCUT2D eigenvalue weighted by atomic mass is 10.2. The van der Waals surface area contributed by atoms with E-state index < -0.39 is 21.2 Å². The highest BCUT2D eigenvalue weighted by Crippen LogP contribution is 2.39. The minimum atomic E-state index is -0.807. The summed E-state index contributed by atoms with van der Waals surface area (Å²) < 4.78 is 10.5. The maximum atomic E-state index is 11.1. The number of hydrogen-bond donors (Lipinski definition) is 0. The molecule has 0 unspecified atom stereocenters. The third kappa shape index (κ3) is 3.23. The summed E-state index contributed by atoms with van der Waals surface area (Å²) in [6.07, 6.45) is 0.509. The van der Waals surface area contributed by atoms with E-state index in [0.29, 0.717) is 6.29 Å². The first-order chi connectivity index (χ1) is 11.0. The van der Waals surface area contributed by atoms with Crippen molar-refractivity contribution in [3.05, 3.63) is 62.2 Å². The number of para-hydroxylation sites is 1. The Morgan fingerprint density at radius 2 is 1.78 bits per heavy atom. The second kappa shape index (κ2) is 6.52.